The Bertz CT molecular complexity index is 1320. The molecule has 0 bridgehead atoms. The van der Waals surface area contributed by atoms with Crippen LogP contribution in [-0.4, -0.2) is 43.3 Å². The number of fused-ring (bicyclic) bond motifs is 1. The van der Waals surface area contributed by atoms with Crippen LogP contribution in [0.1, 0.15) is 36.6 Å². The molecular formula is C24H20N2O5S. The van der Waals surface area contributed by atoms with Crippen molar-refractivity contribution in [2.75, 3.05) is 7.05 Å². The summed E-state index contributed by atoms with van der Waals surface area (Å²) in [7, 11) is -2.80. The molecule has 1 N–H and O–H groups in total. The predicted octanol–water partition coefficient (Wildman–Crippen LogP) is 2.68. The van der Waals surface area contributed by atoms with E-state index in [9.17, 15) is 22.8 Å². The number of likely N-dealkylation sites (N-methyl/N-ethyl adjacent to an activating group) is 1. The third-order valence-corrected chi connectivity index (χ3v) is 7.26. The SMILES string of the molecule is CN1C(C(=O)c2cccc(C(=O)NCc3ccccc3)c2)C(=O)c2ccccc2S1(=O)=O. The topological polar surface area (TPSA) is 101 Å². The molecule has 0 spiro atoms. The fourth-order valence-electron chi connectivity index (χ4n) is 3.64. The maximum absolute atomic E-state index is 13.2. The molecule has 0 saturated heterocycles. The van der Waals surface area contributed by atoms with Crippen LogP contribution in [0.4, 0.5) is 0 Å². The van der Waals surface area contributed by atoms with Gasteiger partial charge in [0.05, 0.1) is 4.90 Å². The predicted molar refractivity (Wildman–Crippen MR) is 118 cm³/mol. The van der Waals surface area contributed by atoms with Crippen LogP contribution >= 0.6 is 0 Å². The van der Waals surface area contributed by atoms with Gasteiger partial charge in [0.25, 0.3) is 5.91 Å². The van der Waals surface area contributed by atoms with Crippen molar-refractivity contribution >= 4 is 27.5 Å². The van der Waals surface area contributed by atoms with Crippen molar-refractivity contribution in [3.8, 4) is 0 Å². The second kappa shape index (κ2) is 8.49. The van der Waals surface area contributed by atoms with Crippen LogP contribution in [0.25, 0.3) is 0 Å². The summed E-state index contributed by atoms with van der Waals surface area (Å²) in [4.78, 5) is 38.7. The average Bonchev–Trinajstić information content (AvgIpc) is 2.82. The first-order valence-corrected chi connectivity index (χ1v) is 11.3. The number of amides is 1. The monoisotopic (exact) mass is 448 g/mol. The zero-order valence-corrected chi connectivity index (χ0v) is 18.0. The van der Waals surface area contributed by atoms with Crippen molar-refractivity contribution in [2.45, 2.75) is 17.5 Å². The van der Waals surface area contributed by atoms with E-state index in [4.69, 9.17) is 0 Å². The van der Waals surface area contributed by atoms with Gasteiger partial charge in [-0.15, -0.1) is 0 Å². The van der Waals surface area contributed by atoms with Crippen molar-refractivity contribution < 1.29 is 22.8 Å². The van der Waals surface area contributed by atoms with E-state index in [2.05, 4.69) is 5.32 Å². The van der Waals surface area contributed by atoms with Crippen molar-refractivity contribution in [3.05, 3.63) is 101 Å². The van der Waals surface area contributed by atoms with Crippen LogP contribution in [0.5, 0.6) is 0 Å². The highest BCUT2D eigenvalue weighted by Gasteiger charge is 2.45. The Morgan fingerprint density at radius 1 is 0.906 bits per heavy atom. The van der Waals surface area contributed by atoms with E-state index in [0.29, 0.717) is 6.54 Å². The number of Topliss-reactive ketones (excluding diaryl/α,β-unsaturated/α-hetero) is 2. The molecule has 0 radical (unpaired) electrons. The Labute approximate surface area is 185 Å². The molecule has 1 atom stereocenters. The molecule has 0 aliphatic carbocycles. The number of sulfonamides is 1. The Morgan fingerprint density at radius 3 is 2.31 bits per heavy atom. The van der Waals surface area contributed by atoms with Crippen LogP contribution in [-0.2, 0) is 16.6 Å². The number of ketones is 2. The Morgan fingerprint density at radius 2 is 1.56 bits per heavy atom. The van der Waals surface area contributed by atoms with E-state index in [-0.39, 0.29) is 27.5 Å². The van der Waals surface area contributed by atoms with E-state index in [1.165, 1.54) is 43.4 Å². The zero-order chi connectivity index (χ0) is 22.9. The van der Waals surface area contributed by atoms with Crippen molar-refractivity contribution in [1.29, 1.82) is 0 Å². The molecule has 32 heavy (non-hydrogen) atoms. The van der Waals surface area contributed by atoms with Crippen LogP contribution in [0.3, 0.4) is 0 Å². The smallest absolute Gasteiger partial charge is 0.251 e. The average molecular weight is 449 g/mol. The molecule has 1 heterocycles. The molecule has 3 aromatic rings. The normalized spacial score (nSPS) is 17.4. The Kier molecular flexibility index (Phi) is 5.73. The maximum Gasteiger partial charge on any atom is 0.251 e. The van der Waals surface area contributed by atoms with E-state index in [0.717, 1.165) is 9.87 Å². The molecular weight excluding hydrogens is 428 g/mol. The standard InChI is InChI=1S/C24H20N2O5S/c1-26-21(23(28)19-12-5-6-13-20(19)32(26,30)31)22(27)17-10-7-11-18(14-17)24(29)25-15-16-8-3-2-4-9-16/h2-14,21H,15H2,1H3,(H,25,29). The lowest BCUT2D eigenvalue weighted by molar-refractivity contribution is 0.0784. The highest BCUT2D eigenvalue weighted by atomic mass is 32.2. The summed E-state index contributed by atoms with van der Waals surface area (Å²) in [5.41, 5.74) is 1.23. The van der Waals surface area contributed by atoms with Gasteiger partial charge in [0.1, 0.15) is 0 Å². The summed E-state index contributed by atoms with van der Waals surface area (Å²) < 4.78 is 26.5. The van der Waals surface area contributed by atoms with Gasteiger partial charge in [-0.3, -0.25) is 14.4 Å². The first-order valence-electron chi connectivity index (χ1n) is 9.88. The largest absolute Gasteiger partial charge is 0.348 e. The molecule has 0 aromatic heterocycles. The van der Waals surface area contributed by atoms with Crippen molar-refractivity contribution in [2.24, 2.45) is 0 Å². The first-order chi connectivity index (χ1) is 15.3. The second-order valence-corrected chi connectivity index (χ2v) is 9.36. The minimum absolute atomic E-state index is 0.0132. The molecule has 1 unspecified atom stereocenters. The number of carbonyl (C=O) groups is 3. The van der Waals surface area contributed by atoms with Gasteiger partial charge in [-0.05, 0) is 29.8 Å². The fourth-order valence-corrected chi connectivity index (χ4v) is 5.11. The molecule has 0 saturated carbocycles. The molecule has 1 aliphatic heterocycles. The second-order valence-electron chi connectivity index (χ2n) is 7.40. The third kappa shape index (κ3) is 3.86. The first kappa shape index (κ1) is 21.6. The Hall–Kier alpha value is -3.62. The summed E-state index contributed by atoms with van der Waals surface area (Å²) in [6.07, 6.45) is 0. The lowest BCUT2D eigenvalue weighted by Gasteiger charge is -2.31. The minimum Gasteiger partial charge on any atom is -0.348 e. The Balaban J connectivity index is 1.60. The van der Waals surface area contributed by atoms with Crippen molar-refractivity contribution in [1.82, 2.24) is 9.62 Å². The van der Waals surface area contributed by atoms with Gasteiger partial charge in [-0.2, -0.15) is 4.31 Å². The van der Waals surface area contributed by atoms with Gasteiger partial charge in [0.2, 0.25) is 10.0 Å². The quantitative estimate of drug-likeness (QED) is 0.478. The van der Waals surface area contributed by atoms with E-state index in [1.807, 2.05) is 30.3 Å². The number of nitrogens with zero attached hydrogens (tertiary/aromatic N) is 1. The summed E-state index contributed by atoms with van der Waals surface area (Å²) in [5.74, 6) is -1.67. The molecule has 0 fully saturated rings. The van der Waals surface area contributed by atoms with Gasteiger partial charge in [0, 0.05) is 30.3 Å². The molecule has 1 aliphatic rings. The lowest BCUT2D eigenvalue weighted by Crippen LogP contribution is -2.51. The van der Waals surface area contributed by atoms with E-state index in [1.54, 1.807) is 12.1 Å². The third-order valence-electron chi connectivity index (χ3n) is 5.38. The van der Waals surface area contributed by atoms with E-state index >= 15 is 0 Å². The lowest BCUT2D eigenvalue weighted by atomic mass is 9.95. The van der Waals surface area contributed by atoms with Crippen molar-refractivity contribution in [3.63, 3.8) is 0 Å². The van der Waals surface area contributed by atoms with Crippen LogP contribution in [0.15, 0.2) is 83.8 Å². The molecule has 162 valence electrons. The highest BCUT2D eigenvalue weighted by Crippen LogP contribution is 2.30. The summed E-state index contributed by atoms with van der Waals surface area (Å²) in [6.45, 7) is 0.316. The fraction of sp³-hybridized carbons (Fsp3) is 0.125. The number of benzene rings is 3. The molecule has 4 rings (SSSR count). The highest BCUT2D eigenvalue weighted by molar-refractivity contribution is 7.89. The summed E-state index contributed by atoms with van der Waals surface area (Å²) in [6, 6.07) is 19.6. The van der Waals surface area contributed by atoms with Gasteiger partial charge >= 0.3 is 0 Å². The number of hydrogen-bond donors (Lipinski definition) is 1. The van der Waals surface area contributed by atoms with Crippen LogP contribution < -0.4 is 5.32 Å². The van der Waals surface area contributed by atoms with Gasteiger partial charge in [-0.25, -0.2) is 8.42 Å². The van der Waals surface area contributed by atoms with Gasteiger partial charge in [0.15, 0.2) is 17.6 Å². The van der Waals surface area contributed by atoms with E-state index < -0.39 is 27.6 Å². The van der Waals surface area contributed by atoms with Crippen LogP contribution in [0, 0.1) is 0 Å². The van der Waals surface area contributed by atoms with Gasteiger partial charge in [-0.1, -0.05) is 54.6 Å². The molecule has 8 heteroatoms. The van der Waals surface area contributed by atoms with Gasteiger partial charge < -0.3 is 5.32 Å². The minimum atomic E-state index is -4.01. The number of rotatable bonds is 5. The summed E-state index contributed by atoms with van der Waals surface area (Å²) >= 11 is 0. The number of hydrogen-bond acceptors (Lipinski definition) is 5. The number of carbonyl (C=O) groups excluding carboxylic acids is 3. The maximum atomic E-state index is 13.2. The zero-order valence-electron chi connectivity index (χ0n) is 17.2. The summed E-state index contributed by atoms with van der Waals surface area (Å²) in [5, 5.41) is 2.78. The molecule has 3 aromatic carbocycles. The number of nitrogens with one attached hydrogen (secondary N) is 1. The molecule has 7 nitrogen and oxygen atoms in total. The van der Waals surface area contributed by atoms with Crippen LogP contribution in [0.2, 0.25) is 0 Å². The molecule has 1 amide bonds.